The number of nitrogens with zero attached hydrogens (tertiary/aromatic N) is 2. The fourth-order valence-electron chi connectivity index (χ4n) is 3.84. The van der Waals surface area contributed by atoms with E-state index in [9.17, 15) is 9.59 Å². The normalized spacial score (nSPS) is 23.4. The van der Waals surface area contributed by atoms with Gasteiger partial charge in [0.15, 0.2) is 5.82 Å². The highest BCUT2D eigenvalue weighted by Crippen LogP contribution is 2.39. The summed E-state index contributed by atoms with van der Waals surface area (Å²) in [5.41, 5.74) is 0.220. The van der Waals surface area contributed by atoms with Crippen molar-refractivity contribution in [3.05, 3.63) is 23.1 Å². The third kappa shape index (κ3) is 2.43. The van der Waals surface area contributed by atoms with Crippen LogP contribution in [0.2, 0.25) is 0 Å². The molecule has 6 nitrogen and oxygen atoms in total. The number of carbonyl (C=O) groups excluding carboxylic acids is 2. The number of aromatic nitrogens is 2. The summed E-state index contributed by atoms with van der Waals surface area (Å²) in [5, 5.41) is 10.1. The Kier molecular flexibility index (Phi) is 3.68. The second-order valence-electron chi connectivity index (χ2n) is 6.57. The Morgan fingerprint density at radius 2 is 2.21 bits per heavy atom. The maximum absolute atomic E-state index is 12.9. The van der Waals surface area contributed by atoms with E-state index in [2.05, 4.69) is 28.5 Å². The molecule has 2 aliphatic rings. The maximum Gasteiger partial charge on any atom is 0.251 e. The van der Waals surface area contributed by atoms with Gasteiger partial charge >= 0.3 is 0 Å². The van der Waals surface area contributed by atoms with Crippen LogP contribution in [0.5, 0.6) is 0 Å². The lowest BCUT2D eigenvalue weighted by Gasteiger charge is -2.40. The molecule has 0 aromatic carbocycles. The van der Waals surface area contributed by atoms with Crippen LogP contribution in [-0.2, 0) is 9.59 Å². The van der Waals surface area contributed by atoms with Crippen molar-refractivity contribution < 1.29 is 9.59 Å². The lowest BCUT2D eigenvalue weighted by atomic mass is 9.85. The molecule has 0 radical (unpaired) electrons. The van der Waals surface area contributed by atoms with Gasteiger partial charge in [0, 0.05) is 23.9 Å². The molecular weight excluding hydrogens is 324 g/mol. The third-order valence-corrected chi connectivity index (χ3v) is 6.05. The third-order valence-electron chi connectivity index (χ3n) is 5.02. The van der Waals surface area contributed by atoms with Crippen molar-refractivity contribution in [2.24, 2.45) is 0 Å². The number of rotatable bonds is 3. The molecule has 2 amide bonds. The SMILES string of the molecule is Cc1ccc(-c2cc(NC(=O)C34CCCC(=O)N3CCC4)n[nH]2)s1. The summed E-state index contributed by atoms with van der Waals surface area (Å²) in [6, 6.07) is 5.95. The predicted molar refractivity (Wildman–Crippen MR) is 92.8 cm³/mol. The van der Waals surface area contributed by atoms with E-state index in [0.29, 0.717) is 18.8 Å². The average Bonchev–Trinajstić information content (AvgIpc) is 3.26. The van der Waals surface area contributed by atoms with Crippen LogP contribution in [0.1, 0.15) is 37.0 Å². The number of H-pyrrole nitrogens is 1. The van der Waals surface area contributed by atoms with E-state index in [0.717, 1.165) is 36.3 Å². The van der Waals surface area contributed by atoms with Gasteiger partial charge in [0.1, 0.15) is 5.54 Å². The minimum absolute atomic E-state index is 0.102. The molecule has 1 unspecified atom stereocenters. The second-order valence-corrected chi connectivity index (χ2v) is 7.85. The average molecular weight is 344 g/mol. The van der Waals surface area contributed by atoms with Crippen LogP contribution < -0.4 is 5.32 Å². The van der Waals surface area contributed by atoms with Crippen LogP contribution in [0, 0.1) is 6.92 Å². The van der Waals surface area contributed by atoms with Crippen molar-refractivity contribution in [3.63, 3.8) is 0 Å². The van der Waals surface area contributed by atoms with Crippen LogP contribution in [-0.4, -0.2) is 39.0 Å². The first-order valence-corrected chi connectivity index (χ1v) is 9.14. The first-order valence-electron chi connectivity index (χ1n) is 8.33. The largest absolute Gasteiger partial charge is 0.328 e. The smallest absolute Gasteiger partial charge is 0.251 e. The number of fused-ring (bicyclic) bond motifs is 1. The molecule has 0 aliphatic carbocycles. The van der Waals surface area contributed by atoms with Gasteiger partial charge in [0.2, 0.25) is 5.91 Å². The van der Waals surface area contributed by atoms with E-state index in [1.807, 2.05) is 12.1 Å². The number of nitrogens with one attached hydrogen (secondary N) is 2. The molecule has 1 atom stereocenters. The van der Waals surface area contributed by atoms with Crippen molar-refractivity contribution >= 4 is 29.0 Å². The van der Waals surface area contributed by atoms with Crippen molar-refractivity contribution in [1.82, 2.24) is 15.1 Å². The van der Waals surface area contributed by atoms with E-state index in [-0.39, 0.29) is 11.8 Å². The zero-order chi connectivity index (χ0) is 16.7. The second kappa shape index (κ2) is 5.73. The quantitative estimate of drug-likeness (QED) is 0.898. The topological polar surface area (TPSA) is 78.1 Å². The van der Waals surface area contributed by atoms with Gasteiger partial charge in [-0.15, -0.1) is 11.3 Å². The number of carbonyl (C=O) groups is 2. The number of hydrogen-bond acceptors (Lipinski definition) is 4. The summed E-state index contributed by atoms with van der Waals surface area (Å²) in [5.74, 6) is 0.513. The van der Waals surface area contributed by atoms with Crippen LogP contribution in [0.25, 0.3) is 10.6 Å². The van der Waals surface area contributed by atoms with Gasteiger partial charge in [-0.3, -0.25) is 14.7 Å². The molecule has 2 saturated heterocycles. The van der Waals surface area contributed by atoms with E-state index in [1.165, 1.54) is 4.88 Å². The molecule has 126 valence electrons. The number of thiophene rings is 1. The molecule has 24 heavy (non-hydrogen) atoms. The zero-order valence-electron chi connectivity index (χ0n) is 13.6. The fourth-order valence-corrected chi connectivity index (χ4v) is 4.68. The van der Waals surface area contributed by atoms with Gasteiger partial charge in [-0.05, 0) is 44.7 Å². The Morgan fingerprint density at radius 3 is 3.00 bits per heavy atom. The summed E-state index contributed by atoms with van der Waals surface area (Å²) in [6.07, 6.45) is 3.71. The van der Waals surface area contributed by atoms with Gasteiger partial charge in [-0.1, -0.05) is 0 Å². The molecule has 2 aromatic heterocycles. The molecule has 2 aromatic rings. The molecule has 4 heterocycles. The van der Waals surface area contributed by atoms with Crippen molar-refractivity contribution in [3.8, 4) is 10.6 Å². The standard InChI is InChI=1S/C17H20N4O2S/c1-11-5-6-13(24-11)12-10-14(20-19-12)18-16(23)17-7-2-4-15(22)21(17)9-3-8-17/h5-6,10H,2-4,7-9H2,1H3,(H2,18,19,20,23). The number of hydrogen-bond donors (Lipinski definition) is 2. The van der Waals surface area contributed by atoms with Crippen LogP contribution >= 0.6 is 11.3 Å². The number of piperidine rings is 1. The highest BCUT2D eigenvalue weighted by molar-refractivity contribution is 7.15. The van der Waals surface area contributed by atoms with Gasteiger partial charge < -0.3 is 10.2 Å². The Hall–Kier alpha value is -2.15. The number of anilines is 1. The van der Waals surface area contributed by atoms with E-state index >= 15 is 0 Å². The van der Waals surface area contributed by atoms with Crippen molar-refractivity contribution in [2.45, 2.75) is 44.6 Å². The van der Waals surface area contributed by atoms with E-state index < -0.39 is 5.54 Å². The predicted octanol–water partition coefficient (Wildman–Crippen LogP) is 2.93. The fraction of sp³-hybridized carbons (Fsp3) is 0.471. The van der Waals surface area contributed by atoms with Crippen LogP contribution in [0.3, 0.4) is 0 Å². The Balaban J connectivity index is 1.54. The minimum atomic E-state index is -0.673. The van der Waals surface area contributed by atoms with E-state index in [1.54, 1.807) is 16.2 Å². The molecular formula is C17H20N4O2S. The van der Waals surface area contributed by atoms with Gasteiger partial charge in [0.25, 0.3) is 5.91 Å². The first-order chi connectivity index (χ1) is 11.6. The Bertz CT molecular complexity index is 796. The highest BCUT2D eigenvalue weighted by atomic mass is 32.1. The molecule has 4 rings (SSSR count). The summed E-state index contributed by atoms with van der Waals surface area (Å²) in [4.78, 5) is 29.2. The maximum atomic E-state index is 12.9. The molecule has 0 spiro atoms. The Labute approximate surface area is 144 Å². The molecule has 7 heteroatoms. The molecule has 2 fully saturated rings. The lowest BCUT2D eigenvalue weighted by Crippen LogP contribution is -2.57. The van der Waals surface area contributed by atoms with Crippen molar-refractivity contribution in [2.75, 3.05) is 11.9 Å². The monoisotopic (exact) mass is 344 g/mol. The van der Waals surface area contributed by atoms with Crippen molar-refractivity contribution in [1.29, 1.82) is 0 Å². The molecule has 2 N–H and O–H groups in total. The molecule has 0 bridgehead atoms. The zero-order valence-corrected chi connectivity index (χ0v) is 14.4. The molecule has 0 saturated carbocycles. The van der Waals surface area contributed by atoms with Gasteiger partial charge in [-0.25, -0.2) is 0 Å². The summed E-state index contributed by atoms with van der Waals surface area (Å²) < 4.78 is 0. The minimum Gasteiger partial charge on any atom is -0.328 e. The van der Waals surface area contributed by atoms with E-state index in [4.69, 9.17) is 0 Å². The highest BCUT2D eigenvalue weighted by Gasteiger charge is 2.51. The summed E-state index contributed by atoms with van der Waals surface area (Å²) in [7, 11) is 0. The number of aryl methyl sites for hydroxylation is 1. The first kappa shape index (κ1) is 15.4. The number of aromatic amines is 1. The molecule has 2 aliphatic heterocycles. The lowest BCUT2D eigenvalue weighted by molar-refractivity contribution is -0.146. The summed E-state index contributed by atoms with van der Waals surface area (Å²) in [6.45, 7) is 2.74. The number of amides is 2. The van der Waals surface area contributed by atoms with Crippen LogP contribution in [0.4, 0.5) is 5.82 Å². The Morgan fingerprint density at radius 1 is 1.38 bits per heavy atom. The van der Waals surface area contributed by atoms with Crippen LogP contribution in [0.15, 0.2) is 18.2 Å². The summed E-state index contributed by atoms with van der Waals surface area (Å²) >= 11 is 1.68. The van der Waals surface area contributed by atoms with Gasteiger partial charge in [0.05, 0.1) is 10.6 Å². The van der Waals surface area contributed by atoms with Gasteiger partial charge in [-0.2, -0.15) is 5.10 Å².